The molecule has 0 atom stereocenters. The van der Waals surface area contributed by atoms with E-state index in [0.29, 0.717) is 6.54 Å². The van der Waals surface area contributed by atoms with E-state index in [1.54, 1.807) is 4.68 Å². The summed E-state index contributed by atoms with van der Waals surface area (Å²) >= 11 is 0. The topological polar surface area (TPSA) is 96.7 Å². The Morgan fingerprint density at radius 3 is 2.81 bits per heavy atom. The molecule has 1 aromatic rings. The first-order valence-corrected chi connectivity index (χ1v) is 6.72. The van der Waals surface area contributed by atoms with Crippen LogP contribution >= 0.6 is 0 Å². The Hall–Kier alpha value is -2.09. The third-order valence-corrected chi connectivity index (χ3v) is 2.94. The number of nitrogens with one attached hydrogen (secondary N) is 1. The maximum absolute atomic E-state index is 12.0. The summed E-state index contributed by atoms with van der Waals surface area (Å²) in [5, 5.41) is 15.8. The van der Waals surface area contributed by atoms with Crippen molar-refractivity contribution in [3.63, 3.8) is 0 Å². The molecule has 0 radical (unpaired) electrons. The van der Waals surface area contributed by atoms with Gasteiger partial charge in [-0.2, -0.15) is 5.10 Å². The number of hydrogen-bond donors (Lipinski definition) is 2. The number of amides is 2. The number of carboxylic acid groups (broad SMARTS) is 1. The number of methoxy groups -OCH3 is 1. The van der Waals surface area contributed by atoms with E-state index in [4.69, 9.17) is 9.84 Å². The van der Waals surface area contributed by atoms with Crippen molar-refractivity contribution in [2.45, 2.75) is 19.9 Å². The molecule has 0 aliphatic rings. The quantitative estimate of drug-likeness (QED) is 0.716. The van der Waals surface area contributed by atoms with E-state index >= 15 is 0 Å². The molecule has 0 saturated heterocycles. The van der Waals surface area contributed by atoms with Crippen LogP contribution in [0, 0.1) is 0 Å². The zero-order chi connectivity index (χ0) is 15.8. The number of nitrogens with zero attached hydrogens (tertiary/aromatic N) is 3. The van der Waals surface area contributed by atoms with E-state index in [1.807, 2.05) is 20.2 Å². The fourth-order valence-corrected chi connectivity index (χ4v) is 1.93. The third-order valence-electron chi connectivity index (χ3n) is 2.94. The summed E-state index contributed by atoms with van der Waals surface area (Å²) < 4.78 is 6.57. The Bertz CT molecular complexity index is 487. The average molecular weight is 298 g/mol. The molecule has 1 aromatic heterocycles. The first-order chi connectivity index (χ1) is 9.97. The molecule has 2 amide bonds. The van der Waals surface area contributed by atoms with Crippen molar-refractivity contribution in [3.05, 3.63) is 17.5 Å². The molecular formula is C13H22N4O4. The molecule has 0 saturated carbocycles. The minimum Gasteiger partial charge on any atom is -0.480 e. The van der Waals surface area contributed by atoms with Gasteiger partial charge in [-0.15, -0.1) is 0 Å². The molecule has 118 valence electrons. The van der Waals surface area contributed by atoms with E-state index in [2.05, 4.69) is 10.4 Å². The standard InChI is InChI=1S/C13H22N4O4/c1-4-11-10(8-16(2)15-11)7-14-13(20)17(5-6-21-3)9-12(18)19/h8H,4-7,9H2,1-3H3,(H,14,20)(H,18,19). The second-order valence-electron chi connectivity index (χ2n) is 4.60. The van der Waals surface area contributed by atoms with Crippen LogP contribution in [0.2, 0.25) is 0 Å². The lowest BCUT2D eigenvalue weighted by Crippen LogP contribution is -2.44. The molecule has 21 heavy (non-hydrogen) atoms. The van der Waals surface area contributed by atoms with Crippen LogP contribution < -0.4 is 5.32 Å². The van der Waals surface area contributed by atoms with Gasteiger partial charge in [-0.1, -0.05) is 6.92 Å². The lowest BCUT2D eigenvalue weighted by atomic mass is 10.2. The third kappa shape index (κ3) is 5.42. The van der Waals surface area contributed by atoms with Crippen LogP contribution in [-0.4, -0.2) is 58.6 Å². The number of aromatic nitrogens is 2. The Kier molecular flexibility index (Phi) is 6.67. The lowest BCUT2D eigenvalue weighted by Gasteiger charge is -2.20. The Morgan fingerprint density at radius 1 is 1.52 bits per heavy atom. The van der Waals surface area contributed by atoms with Crippen LogP contribution in [0.15, 0.2) is 6.20 Å². The van der Waals surface area contributed by atoms with Crippen molar-refractivity contribution in [2.24, 2.45) is 7.05 Å². The van der Waals surface area contributed by atoms with Crippen molar-refractivity contribution in [3.8, 4) is 0 Å². The minimum absolute atomic E-state index is 0.225. The zero-order valence-electron chi connectivity index (χ0n) is 12.6. The molecule has 1 heterocycles. The molecule has 2 N–H and O–H groups in total. The van der Waals surface area contributed by atoms with Gasteiger partial charge in [-0.25, -0.2) is 4.79 Å². The van der Waals surface area contributed by atoms with Gasteiger partial charge < -0.3 is 20.1 Å². The Labute approximate surface area is 123 Å². The van der Waals surface area contributed by atoms with Crippen molar-refractivity contribution in [2.75, 3.05) is 26.8 Å². The predicted molar refractivity (Wildman–Crippen MR) is 75.9 cm³/mol. The predicted octanol–water partition coefficient (Wildman–Crippen LogP) is 0.225. The summed E-state index contributed by atoms with van der Waals surface area (Å²) in [4.78, 5) is 24.0. The molecule has 0 bridgehead atoms. The highest BCUT2D eigenvalue weighted by atomic mass is 16.5. The van der Waals surface area contributed by atoms with Gasteiger partial charge in [0.15, 0.2) is 0 Å². The number of ether oxygens (including phenoxy) is 1. The molecule has 0 aromatic carbocycles. The molecule has 1 rings (SSSR count). The molecular weight excluding hydrogens is 276 g/mol. The van der Waals surface area contributed by atoms with Gasteiger partial charge in [-0.05, 0) is 6.42 Å². The van der Waals surface area contributed by atoms with Gasteiger partial charge in [0.1, 0.15) is 6.54 Å². The fraction of sp³-hybridized carbons (Fsp3) is 0.615. The molecule has 0 spiro atoms. The second kappa shape index (κ2) is 8.25. The minimum atomic E-state index is -1.06. The van der Waals surface area contributed by atoms with Gasteiger partial charge in [0.05, 0.1) is 12.3 Å². The number of urea groups is 1. The van der Waals surface area contributed by atoms with Crippen LogP contribution in [0.3, 0.4) is 0 Å². The highest BCUT2D eigenvalue weighted by Gasteiger charge is 2.17. The Balaban J connectivity index is 2.61. The van der Waals surface area contributed by atoms with E-state index in [-0.39, 0.29) is 19.7 Å². The lowest BCUT2D eigenvalue weighted by molar-refractivity contribution is -0.137. The van der Waals surface area contributed by atoms with E-state index in [0.717, 1.165) is 17.7 Å². The molecule has 0 aliphatic carbocycles. The van der Waals surface area contributed by atoms with Gasteiger partial charge in [0.25, 0.3) is 0 Å². The zero-order valence-corrected chi connectivity index (χ0v) is 12.6. The second-order valence-corrected chi connectivity index (χ2v) is 4.60. The van der Waals surface area contributed by atoms with Gasteiger partial charge in [0, 0.05) is 39.0 Å². The van der Waals surface area contributed by atoms with Gasteiger partial charge in [0.2, 0.25) is 0 Å². The smallest absolute Gasteiger partial charge is 0.323 e. The maximum atomic E-state index is 12.0. The van der Waals surface area contributed by atoms with Crippen molar-refractivity contribution in [1.29, 1.82) is 0 Å². The Morgan fingerprint density at radius 2 is 2.24 bits per heavy atom. The maximum Gasteiger partial charge on any atom is 0.323 e. The number of carboxylic acids is 1. The van der Waals surface area contributed by atoms with E-state index < -0.39 is 12.0 Å². The van der Waals surface area contributed by atoms with Crippen molar-refractivity contribution < 1.29 is 19.4 Å². The summed E-state index contributed by atoms with van der Waals surface area (Å²) in [6.07, 6.45) is 2.62. The van der Waals surface area contributed by atoms with Gasteiger partial charge in [-0.3, -0.25) is 9.48 Å². The SMILES string of the molecule is CCc1nn(C)cc1CNC(=O)N(CCOC)CC(=O)O. The van der Waals surface area contributed by atoms with Crippen molar-refractivity contribution in [1.82, 2.24) is 20.0 Å². The van der Waals surface area contributed by atoms with Crippen molar-refractivity contribution >= 4 is 12.0 Å². The number of aryl methyl sites for hydroxylation is 2. The molecule has 0 aliphatic heterocycles. The highest BCUT2D eigenvalue weighted by molar-refractivity contribution is 5.80. The number of hydrogen-bond acceptors (Lipinski definition) is 4. The van der Waals surface area contributed by atoms with Gasteiger partial charge >= 0.3 is 12.0 Å². The monoisotopic (exact) mass is 298 g/mol. The van der Waals surface area contributed by atoms with E-state index in [1.165, 1.54) is 12.0 Å². The van der Waals surface area contributed by atoms with E-state index in [9.17, 15) is 9.59 Å². The summed E-state index contributed by atoms with van der Waals surface area (Å²) in [6.45, 7) is 2.46. The largest absolute Gasteiger partial charge is 0.480 e. The first-order valence-electron chi connectivity index (χ1n) is 6.72. The number of carbonyl (C=O) groups is 2. The molecule has 0 fully saturated rings. The normalized spacial score (nSPS) is 10.4. The van der Waals surface area contributed by atoms with Crippen LogP contribution in [0.1, 0.15) is 18.2 Å². The number of rotatable bonds is 8. The summed E-state index contributed by atoms with van der Waals surface area (Å²) in [5.41, 5.74) is 1.84. The average Bonchev–Trinajstić information content (AvgIpc) is 2.80. The summed E-state index contributed by atoms with van der Waals surface area (Å²) in [7, 11) is 3.32. The highest BCUT2D eigenvalue weighted by Crippen LogP contribution is 2.06. The molecule has 8 nitrogen and oxygen atoms in total. The van der Waals surface area contributed by atoms with Crippen LogP contribution in [0.25, 0.3) is 0 Å². The van der Waals surface area contributed by atoms with Crippen LogP contribution in [0.4, 0.5) is 4.79 Å². The summed E-state index contributed by atoms with van der Waals surface area (Å²) in [5.74, 6) is -1.06. The molecule has 8 heteroatoms. The number of aliphatic carboxylic acids is 1. The van der Waals surface area contributed by atoms with Crippen LogP contribution in [0.5, 0.6) is 0 Å². The molecule has 0 unspecified atom stereocenters. The fourth-order valence-electron chi connectivity index (χ4n) is 1.93. The van der Waals surface area contributed by atoms with Crippen LogP contribution in [-0.2, 0) is 29.5 Å². The summed E-state index contributed by atoms with van der Waals surface area (Å²) in [6, 6.07) is -0.430. The first kappa shape index (κ1) is 17.0. The number of carbonyl (C=O) groups excluding carboxylic acids is 1.